The number of nitrogens with zero attached hydrogens (tertiary/aromatic N) is 2. The number of benzene rings is 1. The molecule has 6 nitrogen and oxygen atoms in total. The number of carboxylic acid groups (broad SMARTS) is 1. The second-order valence-electron chi connectivity index (χ2n) is 5.82. The number of amides is 1. The van der Waals surface area contributed by atoms with Gasteiger partial charge >= 0.3 is 5.97 Å². The van der Waals surface area contributed by atoms with Gasteiger partial charge in [0, 0.05) is 17.7 Å². The zero-order chi connectivity index (χ0) is 17.1. The fourth-order valence-corrected chi connectivity index (χ4v) is 3.02. The third-order valence-corrected chi connectivity index (χ3v) is 4.16. The van der Waals surface area contributed by atoms with E-state index in [9.17, 15) is 14.0 Å². The van der Waals surface area contributed by atoms with Crippen LogP contribution in [0.1, 0.15) is 43.0 Å². The average molecular weight is 331 g/mol. The van der Waals surface area contributed by atoms with Crippen molar-refractivity contribution >= 4 is 11.9 Å². The molecule has 1 amide bonds. The van der Waals surface area contributed by atoms with Crippen molar-refractivity contribution in [1.29, 1.82) is 0 Å². The number of aromatic nitrogens is 2. The van der Waals surface area contributed by atoms with Gasteiger partial charge in [-0.2, -0.15) is 5.10 Å². The van der Waals surface area contributed by atoms with Crippen molar-refractivity contribution in [2.45, 2.75) is 38.1 Å². The van der Waals surface area contributed by atoms with Crippen LogP contribution in [0.4, 0.5) is 4.39 Å². The first-order chi connectivity index (χ1) is 11.6. The van der Waals surface area contributed by atoms with Gasteiger partial charge in [-0.1, -0.05) is 12.1 Å². The molecule has 126 valence electrons. The van der Waals surface area contributed by atoms with Crippen LogP contribution in [0.3, 0.4) is 0 Å². The first-order valence-electron chi connectivity index (χ1n) is 7.89. The Hall–Kier alpha value is -2.70. The summed E-state index contributed by atoms with van der Waals surface area (Å²) in [4.78, 5) is 22.5. The molecule has 1 aromatic carbocycles. The number of aliphatic carboxylic acids is 1. The quantitative estimate of drug-likeness (QED) is 0.881. The Kier molecular flexibility index (Phi) is 4.59. The van der Waals surface area contributed by atoms with Gasteiger partial charge in [-0.3, -0.25) is 9.59 Å². The van der Waals surface area contributed by atoms with Crippen molar-refractivity contribution in [2.24, 2.45) is 0 Å². The number of carbonyl (C=O) groups excluding carboxylic acids is 1. The van der Waals surface area contributed by atoms with Gasteiger partial charge in [0.25, 0.3) is 0 Å². The lowest BCUT2D eigenvalue weighted by molar-refractivity contribution is -0.138. The Labute approximate surface area is 138 Å². The van der Waals surface area contributed by atoms with Crippen molar-refractivity contribution in [3.05, 3.63) is 47.5 Å². The van der Waals surface area contributed by atoms with E-state index in [4.69, 9.17) is 5.11 Å². The summed E-state index contributed by atoms with van der Waals surface area (Å²) >= 11 is 0. The standard InChI is InChI=1S/C17H18FN3O3/c18-12-4-1-2-6-15(12)21-14-7-3-5-13(11(14)10-19-21)20-16(22)8-9-17(23)24/h1-2,4,6,10,13H,3,5,7-9H2,(H,20,22)(H,23,24). The van der Waals surface area contributed by atoms with E-state index in [1.165, 1.54) is 6.07 Å². The topological polar surface area (TPSA) is 84.2 Å². The molecule has 0 aliphatic heterocycles. The fraction of sp³-hybridized carbons (Fsp3) is 0.353. The molecule has 1 unspecified atom stereocenters. The summed E-state index contributed by atoms with van der Waals surface area (Å²) in [6, 6.07) is 6.21. The van der Waals surface area contributed by atoms with Crippen LogP contribution < -0.4 is 5.32 Å². The minimum atomic E-state index is -0.998. The van der Waals surface area contributed by atoms with Crippen molar-refractivity contribution in [1.82, 2.24) is 15.1 Å². The zero-order valence-electron chi connectivity index (χ0n) is 13.0. The normalized spacial score (nSPS) is 16.5. The lowest BCUT2D eigenvalue weighted by atomic mass is 9.92. The molecule has 0 radical (unpaired) electrons. The number of fused-ring (bicyclic) bond motifs is 1. The first-order valence-corrected chi connectivity index (χ1v) is 7.89. The smallest absolute Gasteiger partial charge is 0.303 e. The molecule has 3 rings (SSSR count). The molecule has 1 atom stereocenters. The van der Waals surface area contributed by atoms with E-state index in [0.717, 1.165) is 30.5 Å². The number of rotatable bonds is 5. The van der Waals surface area contributed by atoms with Crippen molar-refractivity contribution in [2.75, 3.05) is 0 Å². The first kappa shape index (κ1) is 16.2. The molecule has 1 heterocycles. The largest absolute Gasteiger partial charge is 0.481 e. The summed E-state index contributed by atoms with van der Waals surface area (Å²) < 4.78 is 15.6. The van der Waals surface area contributed by atoms with Gasteiger partial charge in [-0.05, 0) is 31.4 Å². The minimum Gasteiger partial charge on any atom is -0.481 e. The number of nitrogens with one attached hydrogen (secondary N) is 1. The number of carbonyl (C=O) groups is 2. The van der Waals surface area contributed by atoms with Gasteiger partial charge in [0.15, 0.2) is 0 Å². The SMILES string of the molecule is O=C(O)CCC(=O)NC1CCCc2c1cnn2-c1ccccc1F. The molecule has 0 saturated carbocycles. The molecule has 1 aliphatic carbocycles. The number of hydrogen-bond donors (Lipinski definition) is 2. The molecule has 0 spiro atoms. The number of hydrogen-bond acceptors (Lipinski definition) is 3. The predicted octanol–water partition coefficient (Wildman–Crippen LogP) is 2.37. The summed E-state index contributed by atoms with van der Waals surface area (Å²) in [6.45, 7) is 0. The average Bonchev–Trinajstić information content (AvgIpc) is 2.98. The van der Waals surface area contributed by atoms with Crippen LogP contribution in [0.5, 0.6) is 0 Å². The van der Waals surface area contributed by atoms with E-state index in [1.54, 1.807) is 29.1 Å². The van der Waals surface area contributed by atoms with Gasteiger partial charge in [0.05, 0.1) is 18.7 Å². The Balaban J connectivity index is 1.81. The highest BCUT2D eigenvalue weighted by Gasteiger charge is 2.26. The zero-order valence-corrected chi connectivity index (χ0v) is 13.0. The Morgan fingerprint density at radius 3 is 2.88 bits per heavy atom. The van der Waals surface area contributed by atoms with Gasteiger partial charge in [0.1, 0.15) is 11.5 Å². The van der Waals surface area contributed by atoms with Crippen molar-refractivity contribution in [3.63, 3.8) is 0 Å². The van der Waals surface area contributed by atoms with Crippen LogP contribution >= 0.6 is 0 Å². The number of carboxylic acids is 1. The van der Waals surface area contributed by atoms with E-state index in [-0.39, 0.29) is 30.6 Å². The summed E-state index contributed by atoms with van der Waals surface area (Å²) in [5.74, 6) is -1.65. The lowest BCUT2D eigenvalue weighted by Crippen LogP contribution is -2.31. The summed E-state index contributed by atoms with van der Waals surface area (Å²) in [5, 5.41) is 15.8. The molecule has 1 aromatic heterocycles. The third kappa shape index (κ3) is 3.29. The van der Waals surface area contributed by atoms with Crippen LogP contribution in [-0.4, -0.2) is 26.8 Å². The Bertz CT molecular complexity index is 772. The van der Waals surface area contributed by atoms with E-state index in [1.807, 2.05) is 0 Å². The summed E-state index contributed by atoms with van der Waals surface area (Å²) in [6.07, 6.45) is 3.77. The maximum atomic E-state index is 14.0. The van der Waals surface area contributed by atoms with E-state index in [0.29, 0.717) is 5.69 Å². The molecular weight excluding hydrogens is 313 g/mol. The summed E-state index contributed by atoms with van der Waals surface area (Å²) in [5.41, 5.74) is 2.14. The number of para-hydroxylation sites is 1. The van der Waals surface area contributed by atoms with Gasteiger partial charge < -0.3 is 10.4 Å². The van der Waals surface area contributed by atoms with Crippen LogP contribution in [0, 0.1) is 5.82 Å². The maximum absolute atomic E-state index is 14.0. The molecule has 0 saturated heterocycles. The van der Waals surface area contributed by atoms with E-state index in [2.05, 4.69) is 10.4 Å². The van der Waals surface area contributed by atoms with Crippen LogP contribution in [0.2, 0.25) is 0 Å². The second kappa shape index (κ2) is 6.82. The molecule has 7 heteroatoms. The highest BCUT2D eigenvalue weighted by atomic mass is 19.1. The molecule has 0 fully saturated rings. The molecule has 0 bridgehead atoms. The molecule has 24 heavy (non-hydrogen) atoms. The van der Waals surface area contributed by atoms with Crippen LogP contribution in [-0.2, 0) is 16.0 Å². The monoisotopic (exact) mass is 331 g/mol. The molecular formula is C17H18FN3O3. The Morgan fingerprint density at radius 2 is 2.12 bits per heavy atom. The third-order valence-electron chi connectivity index (χ3n) is 4.16. The molecule has 2 N–H and O–H groups in total. The van der Waals surface area contributed by atoms with E-state index < -0.39 is 5.97 Å². The highest BCUT2D eigenvalue weighted by molar-refractivity contribution is 5.81. The predicted molar refractivity (Wildman–Crippen MR) is 84.2 cm³/mol. The van der Waals surface area contributed by atoms with Crippen LogP contribution in [0.25, 0.3) is 5.69 Å². The Morgan fingerprint density at radius 1 is 1.33 bits per heavy atom. The van der Waals surface area contributed by atoms with E-state index >= 15 is 0 Å². The van der Waals surface area contributed by atoms with Crippen molar-refractivity contribution < 1.29 is 19.1 Å². The molecule has 2 aromatic rings. The maximum Gasteiger partial charge on any atom is 0.303 e. The van der Waals surface area contributed by atoms with Gasteiger partial charge in [-0.25, -0.2) is 9.07 Å². The molecule has 1 aliphatic rings. The summed E-state index contributed by atoms with van der Waals surface area (Å²) in [7, 11) is 0. The second-order valence-corrected chi connectivity index (χ2v) is 5.82. The van der Waals surface area contributed by atoms with Crippen molar-refractivity contribution in [3.8, 4) is 5.69 Å². The number of halogens is 1. The van der Waals surface area contributed by atoms with Crippen LogP contribution in [0.15, 0.2) is 30.5 Å². The lowest BCUT2D eigenvalue weighted by Gasteiger charge is -2.24. The highest BCUT2D eigenvalue weighted by Crippen LogP contribution is 2.31. The van der Waals surface area contributed by atoms with Gasteiger partial charge in [0.2, 0.25) is 5.91 Å². The minimum absolute atomic E-state index is 0.0530. The fourth-order valence-electron chi connectivity index (χ4n) is 3.02. The van der Waals surface area contributed by atoms with Gasteiger partial charge in [-0.15, -0.1) is 0 Å².